The van der Waals surface area contributed by atoms with Crippen LogP contribution in [-0.2, 0) is 4.74 Å². The molecule has 0 amide bonds. The van der Waals surface area contributed by atoms with Crippen molar-refractivity contribution in [3.63, 3.8) is 0 Å². The number of aromatic nitrogens is 1. The Bertz CT molecular complexity index is 667. The average molecular weight is 411 g/mol. The van der Waals surface area contributed by atoms with Crippen LogP contribution in [0.15, 0.2) is 38.8 Å². The highest BCUT2D eigenvalue weighted by Gasteiger charge is 2.00. The van der Waals surface area contributed by atoms with Crippen LogP contribution in [0.4, 0.5) is 5.82 Å². The minimum atomic E-state index is 0.356. The molecule has 28 heavy (non-hydrogen) atoms. The summed E-state index contributed by atoms with van der Waals surface area (Å²) in [5, 5.41) is 6.02. The fourth-order valence-corrected chi connectivity index (χ4v) is 1.70. The second-order valence-electron chi connectivity index (χ2n) is 5.30. The van der Waals surface area contributed by atoms with Crippen LogP contribution in [0.5, 0.6) is 0 Å². The average Bonchev–Trinajstić information content (AvgIpc) is 2.71. The first-order valence-electron chi connectivity index (χ1n) is 8.71. The van der Waals surface area contributed by atoms with Gasteiger partial charge in [-0.05, 0) is 51.8 Å². The van der Waals surface area contributed by atoms with Gasteiger partial charge in [0.15, 0.2) is 5.49 Å². The highest BCUT2D eigenvalue weighted by Crippen LogP contribution is 2.03. The smallest absolute Gasteiger partial charge is 0.151 e. The number of aliphatic imine (C=N–C) groups is 1. The van der Waals surface area contributed by atoms with E-state index < -0.39 is 0 Å². The third-order valence-corrected chi connectivity index (χ3v) is 3.64. The molecule has 1 heterocycles. The first-order chi connectivity index (χ1) is 13.4. The van der Waals surface area contributed by atoms with Crippen molar-refractivity contribution in [2.24, 2.45) is 15.1 Å². The van der Waals surface area contributed by atoms with E-state index in [1.807, 2.05) is 12.3 Å². The molecule has 0 aromatic carbocycles. The van der Waals surface area contributed by atoms with Crippen molar-refractivity contribution in [1.29, 1.82) is 0 Å². The van der Waals surface area contributed by atoms with Gasteiger partial charge in [0, 0.05) is 44.5 Å². The summed E-state index contributed by atoms with van der Waals surface area (Å²) in [5.41, 5.74) is 6.81. The minimum Gasteiger partial charge on any atom is -0.385 e. The lowest BCUT2D eigenvalue weighted by atomic mass is 10.3. The minimum absolute atomic E-state index is 0.356. The predicted molar refractivity (Wildman–Crippen MR) is 123 cm³/mol. The second-order valence-corrected chi connectivity index (χ2v) is 6.24. The number of aldehydes is 1. The summed E-state index contributed by atoms with van der Waals surface area (Å²) in [4.78, 5) is 20.5. The van der Waals surface area contributed by atoms with E-state index in [9.17, 15) is 4.79 Å². The summed E-state index contributed by atoms with van der Waals surface area (Å²) in [5.74, 6) is 1.02. The molecule has 0 aliphatic carbocycles. The maximum atomic E-state index is 10.7. The van der Waals surface area contributed by atoms with Gasteiger partial charge in [0.1, 0.15) is 12.1 Å². The predicted octanol–water partition coefficient (Wildman–Crippen LogP) is 2.37. The molecule has 1 aromatic rings. The molecule has 0 atom stereocenters. The van der Waals surface area contributed by atoms with Gasteiger partial charge in [-0.15, -0.1) is 11.8 Å². The molecule has 0 radical (unpaired) electrons. The Morgan fingerprint density at radius 1 is 1.36 bits per heavy atom. The number of anilines is 1. The molecule has 0 saturated heterocycles. The number of carbonyl (C=O) groups excluding carboxylic acids is 1. The van der Waals surface area contributed by atoms with Crippen LogP contribution in [0.3, 0.4) is 0 Å². The fourth-order valence-electron chi connectivity index (χ4n) is 1.27. The van der Waals surface area contributed by atoms with Crippen LogP contribution in [0.25, 0.3) is 0 Å². The number of carbonyl (C=O) groups is 1. The number of nitrogens with zero attached hydrogens (tertiary/aromatic N) is 5. The number of methoxy groups -OCH3 is 1. The van der Waals surface area contributed by atoms with Gasteiger partial charge in [0.2, 0.25) is 0 Å². The van der Waals surface area contributed by atoms with Crippen molar-refractivity contribution in [1.82, 2.24) is 9.58 Å². The molecule has 0 spiro atoms. The van der Waals surface area contributed by atoms with Gasteiger partial charge in [-0.25, -0.2) is 4.68 Å². The maximum absolute atomic E-state index is 10.7. The Hall–Kier alpha value is -2.23. The van der Waals surface area contributed by atoms with E-state index in [4.69, 9.17) is 5.73 Å². The summed E-state index contributed by atoms with van der Waals surface area (Å²) in [6, 6.07) is 3.17. The summed E-state index contributed by atoms with van der Waals surface area (Å²) >= 11 is 1.52. The molecule has 158 valence electrons. The Balaban J connectivity index is 0. The number of hydrogen-bond acceptors (Lipinski definition) is 8. The number of ether oxygens (including phenoxy) is 1. The normalized spacial score (nSPS) is 11.2. The molecule has 0 aliphatic heterocycles. The molecular weight excluding hydrogens is 376 g/mol. The third-order valence-electron chi connectivity index (χ3n) is 2.99. The van der Waals surface area contributed by atoms with Gasteiger partial charge in [0.05, 0.1) is 0 Å². The van der Waals surface area contributed by atoms with Crippen molar-refractivity contribution < 1.29 is 9.53 Å². The quantitative estimate of drug-likeness (QED) is 0.403. The fraction of sp³-hybridized carbons (Fsp3) is 0.474. The van der Waals surface area contributed by atoms with Gasteiger partial charge in [-0.3, -0.25) is 14.8 Å². The summed E-state index contributed by atoms with van der Waals surface area (Å²) in [6.07, 6.45) is 4.03. The van der Waals surface area contributed by atoms with E-state index in [0.29, 0.717) is 22.6 Å². The molecule has 0 unspecified atom stereocenters. The molecule has 0 bridgehead atoms. The van der Waals surface area contributed by atoms with Crippen LogP contribution in [0, 0.1) is 0 Å². The van der Waals surface area contributed by atoms with Crippen LogP contribution in [0.2, 0.25) is 0 Å². The molecule has 0 aliphatic rings. The van der Waals surface area contributed by atoms with E-state index in [1.54, 1.807) is 38.7 Å². The van der Waals surface area contributed by atoms with E-state index in [0.717, 1.165) is 19.4 Å². The lowest BCUT2D eigenvalue weighted by molar-refractivity contribution is 0.112. The monoisotopic (exact) mass is 410 g/mol. The molecular formula is C19H34N6O2S. The first-order valence-corrected chi connectivity index (χ1v) is 9.75. The molecule has 2 N–H and O–H groups in total. The van der Waals surface area contributed by atoms with Crippen LogP contribution < -0.4 is 11.2 Å². The van der Waals surface area contributed by atoms with Crippen LogP contribution >= 0.6 is 11.8 Å². The van der Waals surface area contributed by atoms with Crippen LogP contribution in [0.1, 0.15) is 24.2 Å². The van der Waals surface area contributed by atoms with E-state index in [2.05, 4.69) is 52.5 Å². The molecule has 9 heteroatoms. The van der Waals surface area contributed by atoms with Gasteiger partial charge in [0.25, 0.3) is 0 Å². The number of nitrogens with two attached hydrogens (primary N) is 1. The number of nitrogen functional groups attached to an aromatic ring is 1. The number of thioether (sulfide) groups is 1. The summed E-state index contributed by atoms with van der Waals surface area (Å²) in [6.45, 7) is 9.37. The Kier molecular flexibility index (Phi) is 19.5. The van der Waals surface area contributed by atoms with Gasteiger partial charge in [-0.1, -0.05) is 6.92 Å². The summed E-state index contributed by atoms with van der Waals surface area (Å²) in [7, 11) is 7.41. The molecule has 0 saturated carbocycles. The highest BCUT2D eigenvalue weighted by molar-refractivity contribution is 8.02. The zero-order valence-corrected chi connectivity index (χ0v) is 18.6. The van der Waals surface area contributed by atoms with E-state index in [1.165, 1.54) is 16.4 Å². The SMILES string of the molecule is C=N/C=C\SC/C=N/n1c(N)cc(C=O)cc1=NC.CCN(C)C.CCOC. The van der Waals surface area contributed by atoms with Crippen molar-refractivity contribution in [3.8, 4) is 0 Å². The molecule has 1 aromatic heterocycles. The molecule has 0 fully saturated rings. The number of hydrogen-bond donors (Lipinski definition) is 1. The Morgan fingerprint density at radius 2 is 1.96 bits per heavy atom. The standard InChI is InChI=1S/C12H15N5OS.C4H11N.C3H8O/c1-14-3-5-19-6-4-16-17-11(13)7-10(9-18)8-12(17)15-2;1-4-5(2)3;1-3-4-2/h3-5,7-9H,1,6,13H2,2H3;4H2,1-3H3;3H2,1-2H3/b5-3-,15-12?,16-4+;;. The van der Waals surface area contributed by atoms with E-state index >= 15 is 0 Å². The summed E-state index contributed by atoms with van der Waals surface area (Å²) < 4.78 is 6.02. The van der Waals surface area contributed by atoms with Crippen LogP contribution in [-0.4, -0.2) is 76.0 Å². The lowest BCUT2D eigenvalue weighted by Gasteiger charge is -2.05. The number of rotatable bonds is 8. The number of pyridine rings is 1. The molecule has 1 rings (SSSR count). The second kappa shape index (κ2) is 19.5. The Morgan fingerprint density at radius 3 is 2.39 bits per heavy atom. The third kappa shape index (κ3) is 14.9. The largest absolute Gasteiger partial charge is 0.385 e. The first kappa shape index (κ1) is 28.0. The maximum Gasteiger partial charge on any atom is 0.151 e. The highest BCUT2D eigenvalue weighted by atomic mass is 32.2. The zero-order valence-electron chi connectivity index (χ0n) is 17.8. The Labute approximate surface area is 172 Å². The zero-order chi connectivity index (χ0) is 21.8. The topological polar surface area (TPSA) is 97.6 Å². The van der Waals surface area contributed by atoms with Crippen molar-refractivity contribution >= 4 is 36.8 Å². The van der Waals surface area contributed by atoms with Gasteiger partial charge in [-0.2, -0.15) is 5.10 Å². The van der Waals surface area contributed by atoms with Crippen molar-refractivity contribution in [3.05, 3.63) is 34.8 Å². The van der Waals surface area contributed by atoms with Crippen molar-refractivity contribution in [2.45, 2.75) is 13.8 Å². The van der Waals surface area contributed by atoms with Gasteiger partial charge >= 0.3 is 0 Å². The molecule has 8 nitrogen and oxygen atoms in total. The van der Waals surface area contributed by atoms with Crippen molar-refractivity contribution in [2.75, 3.05) is 52.9 Å². The van der Waals surface area contributed by atoms with E-state index in [-0.39, 0.29) is 0 Å². The lowest BCUT2D eigenvalue weighted by Crippen LogP contribution is -2.21. The van der Waals surface area contributed by atoms with Gasteiger partial charge < -0.3 is 15.4 Å².